The van der Waals surface area contributed by atoms with Crippen LogP contribution in [-0.2, 0) is 73.6 Å². The average Bonchev–Trinajstić information content (AvgIpc) is 1.21. The number of hydrogen-bond donors (Lipinski definition) is 8. The number of rotatable bonds is 23. The predicted octanol–water partition coefficient (Wildman–Crippen LogP) is 11.3. The van der Waals surface area contributed by atoms with Crippen LogP contribution in [0.5, 0.6) is 11.5 Å². The fourth-order valence-electron chi connectivity index (χ4n) is 17.7. The minimum Gasteiger partial charge on any atom is -0.503 e. The number of aliphatic hydroxyl groups excluding tert-OH is 2. The fourth-order valence-corrected chi connectivity index (χ4v) is 17.7. The van der Waals surface area contributed by atoms with Crippen molar-refractivity contribution in [2.45, 2.75) is 291 Å². The number of ketones is 2. The number of ether oxygens (including phenoxy) is 5. The molecular weight excluding hydrogens is 1640 g/mol. The molecule has 2 saturated heterocycles. The monoisotopic (exact) mass is 1780 g/mol. The Morgan fingerprint density at radius 3 is 1.52 bits per heavy atom. The van der Waals surface area contributed by atoms with E-state index in [-0.39, 0.29) is 175 Å². The third kappa shape index (κ3) is 29.5. The Morgan fingerprint density at radius 2 is 1.06 bits per heavy atom. The number of aryl methyl sites for hydroxylation is 2. The van der Waals surface area contributed by atoms with Gasteiger partial charge in [0.15, 0.2) is 40.7 Å². The Morgan fingerprint density at radius 1 is 0.579 bits per heavy atom. The van der Waals surface area contributed by atoms with Gasteiger partial charge in [-0.25, -0.2) is 17.6 Å². The molecule has 14 atom stereocenters. The van der Waals surface area contributed by atoms with Gasteiger partial charge in [0.1, 0.15) is 40.6 Å². The van der Waals surface area contributed by atoms with Gasteiger partial charge in [0.2, 0.25) is 10.9 Å². The summed E-state index contributed by atoms with van der Waals surface area (Å²) >= 11 is 0. The molecule has 10 N–H and O–H groups in total. The number of fused-ring (bicyclic) bond motifs is 8. The lowest BCUT2D eigenvalue weighted by atomic mass is 9.93. The summed E-state index contributed by atoms with van der Waals surface area (Å²) < 4.78 is 82.1. The van der Waals surface area contributed by atoms with Gasteiger partial charge in [-0.1, -0.05) is 72.4 Å². The summed E-state index contributed by atoms with van der Waals surface area (Å²) in [6.07, 6.45) is 17.3. The topological polar surface area (TPSA) is 419 Å². The third-order valence-electron chi connectivity index (χ3n) is 24.3. The molecule has 4 aromatic rings. The number of amides is 2. The quantitative estimate of drug-likeness (QED) is 0.0148. The molecule has 5 saturated carbocycles. The number of aliphatic hydroxyl groups is 2. The molecular formula is C93H136F4N8O21. The number of methoxy groups -OCH3 is 2. The maximum atomic E-state index is 14.0. The summed E-state index contributed by atoms with van der Waals surface area (Å²) in [5, 5.41) is 51.0. The molecule has 33 heteroatoms. The molecule has 5 aliphatic carbocycles. The highest BCUT2D eigenvalue weighted by Crippen LogP contribution is 2.43. The summed E-state index contributed by atoms with van der Waals surface area (Å²) in [4.78, 5) is 139. The van der Waals surface area contributed by atoms with Crippen molar-refractivity contribution in [2.75, 3.05) is 53.6 Å². The van der Waals surface area contributed by atoms with Crippen LogP contribution in [0.3, 0.4) is 0 Å². The van der Waals surface area contributed by atoms with Crippen LogP contribution in [0.2, 0.25) is 0 Å². The second-order valence-electron chi connectivity index (χ2n) is 37.5. The van der Waals surface area contributed by atoms with Crippen LogP contribution in [0.4, 0.5) is 17.6 Å². The van der Waals surface area contributed by atoms with Crippen molar-refractivity contribution >= 4 is 53.2 Å². The molecule has 2 amide bonds. The maximum absolute atomic E-state index is 14.0. The number of carboxylic acid groups (broad SMARTS) is 1. The van der Waals surface area contributed by atoms with Crippen molar-refractivity contribution in [2.24, 2.45) is 64.7 Å². The lowest BCUT2D eigenvalue weighted by Gasteiger charge is -2.53. The zero-order chi connectivity index (χ0) is 93.5. The standard InChI is InChI=1S/C27H31F2N3O4.C23H22F2N2O5.C12H20O4.C11H20O4.C10H22N2.C5H11NO.C5H10O3/c1-15(2)11-30-12-17-4-3-5-21(17)32-23(30)14-31-13-19(25(34)26(35)24(31)27(32)36)22(33)9-7-16-6-8-18(28)10-20(16)29;24-14-6-4-12(16(25)8-14)5-7-18(28)15-9-26-10-19-27(17-3-1-2-13(17)11-32-19)23(31)20(26)22(30)21(15)29;1-12(2,3)16-10(13)7-8-5-4-6-9(8)11(14)15;1-8(10(13)14-5)6-7-9(12)15-11(2,3)4;1-8(2)6-12-7-9-4-3-5-10(9)11;6-4-2-1-3-5(4)7;1-4(3-6)5(7)8-2/h6,8,10,13,15,17,21,23,35H,3-5,7,9,11-12,14H2,1-2H3;4,6,8-9,13,17,19,30H,1-3,5,7,10-11H2;8-9H,4-7H2,1-3H3,(H,14,15);8H,6-7H2,1-5H3;8-10,12H,3-7,11H2,1-2H3;4-5,7H,1-3,6H2;4,6H,3H2,1-2H3/t17-,21-,23-;13-,17-,19+;8-,9-;8-;9-,10-;4-,5+;4-/m0010000/s1. The van der Waals surface area contributed by atoms with Gasteiger partial charge in [-0.3, -0.25) is 57.6 Å². The number of halogens is 4. The van der Waals surface area contributed by atoms with Gasteiger partial charge < -0.3 is 84.9 Å². The molecule has 0 bridgehead atoms. The highest BCUT2D eigenvalue weighted by molar-refractivity contribution is 6.01. The molecule has 2 aromatic heterocycles. The van der Waals surface area contributed by atoms with E-state index in [9.17, 15) is 80.5 Å². The van der Waals surface area contributed by atoms with E-state index in [1.54, 1.807) is 18.7 Å². The summed E-state index contributed by atoms with van der Waals surface area (Å²) in [6.45, 7) is 27.9. The molecule has 7 fully saturated rings. The molecule has 2 aromatic carbocycles. The van der Waals surface area contributed by atoms with E-state index in [1.807, 2.05) is 46.4 Å². The van der Waals surface area contributed by atoms with Crippen LogP contribution in [0.25, 0.3) is 0 Å². The van der Waals surface area contributed by atoms with Crippen molar-refractivity contribution in [3.05, 3.63) is 126 Å². The van der Waals surface area contributed by atoms with Gasteiger partial charge in [-0.05, 0) is 204 Å². The van der Waals surface area contributed by atoms with E-state index >= 15 is 0 Å². The summed E-state index contributed by atoms with van der Waals surface area (Å²) in [7, 11) is 2.64. The molecule has 6 heterocycles. The Bertz CT molecular complexity index is 4500. The second kappa shape index (κ2) is 47.9. The zero-order valence-corrected chi connectivity index (χ0v) is 75.7. The number of esters is 4. The molecule has 0 unspecified atom stereocenters. The van der Waals surface area contributed by atoms with E-state index in [1.165, 1.54) is 67.1 Å². The number of hydrogen-bond acceptors (Lipinski definition) is 24. The van der Waals surface area contributed by atoms with Gasteiger partial charge in [0.05, 0.1) is 75.5 Å². The van der Waals surface area contributed by atoms with Crippen molar-refractivity contribution in [1.29, 1.82) is 0 Å². The van der Waals surface area contributed by atoms with Crippen molar-refractivity contribution in [3.63, 3.8) is 0 Å². The van der Waals surface area contributed by atoms with E-state index in [0.717, 1.165) is 133 Å². The molecule has 0 radical (unpaired) electrons. The summed E-state index contributed by atoms with van der Waals surface area (Å²) in [5.74, 6) is -7.01. The van der Waals surface area contributed by atoms with Crippen LogP contribution in [0.1, 0.15) is 264 Å². The first-order valence-corrected chi connectivity index (χ1v) is 44.5. The summed E-state index contributed by atoms with van der Waals surface area (Å²) in [6, 6.07) is 6.85. The Balaban J connectivity index is 0.000000218. The number of Topliss-reactive ketones (excluding diaryl/α,β-unsaturated/α-hetero) is 2. The van der Waals surface area contributed by atoms with Gasteiger partial charge in [0.25, 0.3) is 11.8 Å². The Kier molecular flexibility index (Phi) is 39.6. The normalized spacial score (nSPS) is 23.7. The highest BCUT2D eigenvalue weighted by Gasteiger charge is 2.51. The number of benzene rings is 2. The number of carbonyl (C=O) groups excluding carboxylic acids is 8. The van der Waals surface area contributed by atoms with Gasteiger partial charge in [-0.15, -0.1) is 0 Å². The molecule has 29 nitrogen and oxygen atoms in total. The minimum atomic E-state index is -0.923. The lowest BCUT2D eigenvalue weighted by molar-refractivity contribution is -0.158. The number of nitrogens with zero attached hydrogens (tertiary/aromatic N) is 5. The molecule has 13 rings (SSSR count). The number of carboxylic acids is 1. The third-order valence-corrected chi connectivity index (χ3v) is 24.3. The first-order chi connectivity index (χ1) is 59.3. The maximum Gasteiger partial charge on any atom is 0.310 e. The number of nitrogens with one attached hydrogen (secondary N) is 1. The SMILES string of the molecule is CC(C)(C)OC(=O)C[C@H]1CCC[C@H]1C(=O)O.CC(C)CN1C[C@@H]2CCC[C@@H]2N2C(=O)c3c(O)c(=O)c(C(=O)CCc4ccc(F)cc4F)cn3C[C@@H]12.CC(C)CNC[C@@H]1CCC[C@@H]1N.COC(=O)[C@@H](C)CCC(=O)OC(C)(C)C.COC(=O)[C@@H](C)CO.N[C@H]1CCC[C@H]1O.O=C(CCc1ccc(F)cc1F)c1cn2c(c(O)c1=O)C(=O)N1[C@@H](C2)OC[C@@H]2CCC[C@@H]21. The Hall–Kier alpha value is -8.99. The van der Waals surface area contributed by atoms with E-state index < -0.39 is 86.5 Å². The van der Waals surface area contributed by atoms with Crippen molar-refractivity contribution in [1.82, 2.24) is 29.2 Å². The van der Waals surface area contributed by atoms with Gasteiger partial charge in [0, 0.05) is 93.4 Å². The van der Waals surface area contributed by atoms with Gasteiger partial charge in [-0.2, -0.15) is 0 Å². The number of pyridine rings is 2. The van der Waals surface area contributed by atoms with Crippen LogP contribution in [0.15, 0.2) is 58.4 Å². The van der Waals surface area contributed by atoms with Crippen molar-refractivity contribution in [3.8, 4) is 11.5 Å². The molecule has 9 aliphatic rings. The van der Waals surface area contributed by atoms with E-state index in [0.29, 0.717) is 43.9 Å². The summed E-state index contributed by atoms with van der Waals surface area (Å²) in [5.41, 5.74) is 8.21. The van der Waals surface area contributed by atoms with Crippen LogP contribution >= 0.6 is 0 Å². The number of nitrogens with two attached hydrogens (primary N) is 2. The molecule has 0 spiro atoms. The molecule has 126 heavy (non-hydrogen) atoms. The first kappa shape index (κ1) is 104. The van der Waals surface area contributed by atoms with Crippen LogP contribution in [-0.4, -0.2) is 210 Å². The fraction of sp³-hybridized carbons (Fsp3) is 0.667. The largest absolute Gasteiger partial charge is 0.503 e. The highest BCUT2D eigenvalue weighted by atomic mass is 19.1. The number of carbonyl (C=O) groups is 9. The minimum absolute atomic E-state index is 0.0204. The van der Waals surface area contributed by atoms with Crippen LogP contribution < -0.4 is 27.6 Å². The lowest BCUT2D eigenvalue weighted by Crippen LogP contribution is -2.66. The Labute approximate surface area is 736 Å². The second-order valence-corrected chi connectivity index (χ2v) is 37.5. The average molecular weight is 1780 g/mol. The number of aromatic nitrogens is 2. The van der Waals surface area contributed by atoms with E-state index in [2.05, 4.69) is 47.4 Å². The molecule has 4 aliphatic heterocycles. The first-order valence-electron chi connectivity index (χ1n) is 44.5. The number of aliphatic carboxylic acids is 1. The van der Waals surface area contributed by atoms with Crippen molar-refractivity contribution < 1.29 is 110 Å². The molecule has 702 valence electrons. The smallest absolute Gasteiger partial charge is 0.310 e. The zero-order valence-electron chi connectivity index (χ0n) is 75.7. The van der Waals surface area contributed by atoms with E-state index in [4.69, 9.17) is 41.0 Å². The van der Waals surface area contributed by atoms with Gasteiger partial charge >= 0.3 is 29.8 Å². The number of aromatic hydroxyl groups is 2. The predicted molar refractivity (Wildman–Crippen MR) is 462 cm³/mol. The van der Waals surface area contributed by atoms with Crippen LogP contribution in [0, 0.1) is 76.5 Å².